The number of hydrogen-bond donors (Lipinski definition) is 2. The first-order valence-corrected chi connectivity index (χ1v) is 10.0. The average molecular weight is 374 g/mol. The van der Waals surface area contributed by atoms with Crippen molar-refractivity contribution in [1.29, 1.82) is 0 Å². The van der Waals surface area contributed by atoms with Crippen LogP contribution in [0, 0.1) is 0 Å². The molecule has 130 valence electrons. The minimum Gasteiger partial charge on any atom is -0.372 e. The molecule has 1 amide bonds. The smallest absolute Gasteiger partial charge is 0.223 e. The van der Waals surface area contributed by atoms with Crippen molar-refractivity contribution in [3.05, 3.63) is 46.2 Å². The van der Waals surface area contributed by atoms with E-state index in [2.05, 4.69) is 33.1 Å². The molecular weight excluding hydrogens is 354 g/mol. The van der Waals surface area contributed by atoms with Crippen molar-refractivity contribution in [3.63, 3.8) is 0 Å². The molecule has 1 atom stereocenters. The number of para-hydroxylation sites is 1. The molecule has 1 aromatic carbocycles. The maximum atomic E-state index is 12.2. The highest BCUT2D eigenvalue weighted by atomic mass is 32.1. The number of carbonyl (C=O) groups excluding carboxylic acids is 1. The lowest BCUT2D eigenvalue weighted by Gasteiger charge is -2.22. The van der Waals surface area contributed by atoms with Gasteiger partial charge in [-0.3, -0.25) is 4.79 Å². The summed E-state index contributed by atoms with van der Waals surface area (Å²) >= 11 is 3.30. The first-order valence-electron chi connectivity index (χ1n) is 8.33. The highest BCUT2D eigenvalue weighted by Gasteiger charge is 2.24. The molecule has 3 aromatic rings. The number of fused-ring (bicyclic) bond motifs is 2. The summed E-state index contributed by atoms with van der Waals surface area (Å²) in [5.41, 5.74) is 2.33. The molecule has 0 aliphatic carbocycles. The lowest BCUT2D eigenvalue weighted by atomic mass is 10.1. The Bertz CT molecular complexity index is 841. The highest BCUT2D eigenvalue weighted by molar-refractivity contribution is 7.22. The molecule has 1 aliphatic rings. The number of rotatable bonds is 6. The van der Waals surface area contributed by atoms with E-state index in [-0.39, 0.29) is 12.0 Å². The second kappa shape index (κ2) is 7.51. The summed E-state index contributed by atoms with van der Waals surface area (Å²) in [5.74, 6) is 0.0253. The zero-order valence-electron chi connectivity index (χ0n) is 13.7. The summed E-state index contributed by atoms with van der Waals surface area (Å²) in [6, 6.07) is 10.2. The van der Waals surface area contributed by atoms with Crippen LogP contribution in [0.25, 0.3) is 10.2 Å². The molecule has 2 N–H and O–H groups in total. The van der Waals surface area contributed by atoms with Crippen LogP contribution in [0.15, 0.2) is 35.7 Å². The van der Waals surface area contributed by atoms with E-state index < -0.39 is 0 Å². The van der Waals surface area contributed by atoms with Crippen molar-refractivity contribution in [2.75, 3.05) is 25.0 Å². The third-order valence-electron chi connectivity index (χ3n) is 4.15. The number of thiophene rings is 1. The average Bonchev–Trinajstić information content (AvgIpc) is 3.25. The second-order valence-corrected chi connectivity index (χ2v) is 7.87. The van der Waals surface area contributed by atoms with Gasteiger partial charge in [-0.05, 0) is 35.6 Å². The monoisotopic (exact) mass is 373 g/mol. The van der Waals surface area contributed by atoms with E-state index in [0.717, 1.165) is 21.8 Å². The van der Waals surface area contributed by atoms with Gasteiger partial charge in [-0.1, -0.05) is 23.5 Å². The zero-order chi connectivity index (χ0) is 17.1. The molecular formula is C18H19N3O2S2. The van der Waals surface area contributed by atoms with E-state index in [4.69, 9.17) is 4.74 Å². The predicted molar refractivity (Wildman–Crippen MR) is 102 cm³/mol. The fourth-order valence-electron chi connectivity index (χ4n) is 2.93. The van der Waals surface area contributed by atoms with E-state index in [1.54, 1.807) is 22.7 Å². The summed E-state index contributed by atoms with van der Waals surface area (Å²) in [5, 5.41) is 9.18. The lowest BCUT2D eigenvalue weighted by Crippen LogP contribution is -2.31. The molecule has 0 spiro atoms. The zero-order valence-corrected chi connectivity index (χ0v) is 15.3. The van der Waals surface area contributed by atoms with Gasteiger partial charge in [-0.2, -0.15) is 0 Å². The Kier molecular flexibility index (Phi) is 4.96. The highest BCUT2D eigenvalue weighted by Crippen LogP contribution is 2.33. The largest absolute Gasteiger partial charge is 0.372 e. The quantitative estimate of drug-likeness (QED) is 0.648. The lowest BCUT2D eigenvalue weighted by molar-refractivity contribution is -0.124. The molecule has 3 heterocycles. The summed E-state index contributed by atoms with van der Waals surface area (Å²) in [7, 11) is 0. The number of thiazole rings is 1. The van der Waals surface area contributed by atoms with Crippen LogP contribution in [0.3, 0.4) is 0 Å². The van der Waals surface area contributed by atoms with Crippen LogP contribution >= 0.6 is 22.7 Å². The van der Waals surface area contributed by atoms with Gasteiger partial charge < -0.3 is 15.4 Å². The van der Waals surface area contributed by atoms with E-state index in [1.165, 1.54) is 10.4 Å². The minimum atomic E-state index is -0.0963. The number of anilines is 1. The fourth-order valence-corrected chi connectivity index (χ4v) is 4.83. The molecule has 0 bridgehead atoms. The number of carbonyl (C=O) groups is 1. The number of ether oxygens (including phenoxy) is 1. The Morgan fingerprint density at radius 3 is 3.12 bits per heavy atom. The Labute approximate surface area is 154 Å². The van der Waals surface area contributed by atoms with E-state index in [9.17, 15) is 4.79 Å². The number of hydrogen-bond acceptors (Lipinski definition) is 6. The first-order chi connectivity index (χ1) is 12.3. The van der Waals surface area contributed by atoms with Gasteiger partial charge in [0.2, 0.25) is 5.91 Å². The van der Waals surface area contributed by atoms with Crippen LogP contribution in [-0.2, 0) is 16.0 Å². The van der Waals surface area contributed by atoms with Gasteiger partial charge in [-0.25, -0.2) is 4.98 Å². The SMILES string of the molecule is O=C(CC1OCCc2ccsc21)NCCNc1nc2ccccc2s1. The third-order valence-corrected chi connectivity index (χ3v) is 6.20. The summed E-state index contributed by atoms with van der Waals surface area (Å²) in [6.07, 6.45) is 1.23. The number of amides is 1. The molecule has 1 aliphatic heterocycles. The third kappa shape index (κ3) is 3.84. The van der Waals surface area contributed by atoms with Gasteiger partial charge in [-0.15, -0.1) is 11.3 Å². The maximum Gasteiger partial charge on any atom is 0.223 e. The van der Waals surface area contributed by atoms with Crippen molar-refractivity contribution in [3.8, 4) is 0 Å². The van der Waals surface area contributed by atoms with Gasteiger partial charge in [0.1, 0.15) is 6.10 Å². The fraction of sp³-hybridized carbons (Fsp3) is 0.333. The predicted octanol–water partition coefficient (Wildman–Crippen LogP) is 3.59. The second-order valence-electron chi connectivity index (χ2n) is 5.89. The molecule has 2 aromatic heterocycles. The van der Waals surface area contributed by atoms with Crippen molar-refractivity contribution < 1.29 is 9.53 Å². The normalized spacial score (nSPS) is 16.6. The summed E-state index contributed by atoms with van der Waals surface area (Å²) in [6.45, 7) is 1.92. The van der Waals surface area contributed by atoms with Gasteiger partial charge in [0.25, 0.3) is 0 Å². The van der Waals surface area contributed by atoms with E-state index in [1.807, 2.05) is 18.2 Å². The van der Waals surface area contributed by atoms with Gasteiger partial charge >= 0.3 is 0 Å². The topological polar surface area (TPSA) is 63.2 Å². The number of nitrogens with one attached hydrogen (secondary N) is 2. The van der Waals surface area contributed by atoms with E-state index >= 15 is 0 Å². The molecule has 0 saturated carbocycles. The summed E-state index contributed by atoms with van der Waals surface area (Å²) in [4.78, 5) is 17.9. The van der Waals surface area contributed by atoms with Crippen LogP contribution in [0.5, 0.6) is 0 Å². The van der Waals surface area contributed by atoms with Gasteiger partial charge in [0.05, 0.1) is 23.2 Å². The molecule has 7 heteroatoms. The number of nitrogens with zero attached hydrogens (tertiary/aromatic N) is 1. The molecule has 5 nitrogen and oxygen atoms in total. The van der Waals surface area contributed by atoms with Gasteiger partial charge in [0, 0.05) is 18.0 Å². The molecule has 0 saturated heterocycles. The van der Waals surface area contributed by atoms with Crippen LogP contribution in [0.2, 0.25) is 0 Å². The van der Waals surface area contributed by atoms with E-state index in [0.29, 0.717) is 26.1 Å². The Morgan fingerprint density at radius 2 is 2.20 bits per heavy atom. The molecule has 4 rings (SSSR count). The van der Waals surface area contributed by atoms with Crippen molar-refractivity contribution >= 4 is 43.9 Å². The van der Waals surface area contributed by atoms with Crippen LogP contribution in [0.1, 0.15) is 23.0 Å². The summed E-state index contributed by atoms with van der Waals surface area (Å²) < 4.78 is 6.93. The Balaban J connectivity index is 1.23. The Hall–Kier alpha value is -1.96. The Morgan fingerprint density at radius 1 is 1.28 bits per heavy atom. The van der Waals surface area contributed by atoms with Crippen molar-refractivity contribution in [1.82, 2.24) is 10.3 Å². The van der Waals surface area contributed by atoms with Crippen molar-refractivity contribution in [2.24, 2.45) is 0 Å². The molecule has 1 unspecified atom stereocenters. The minimum absolute atomic E-state index is 0.0253. The standard InChI is InChI=1S/C18H19N3O2S2/c22-16(11-14-17-12(5-9-23-14)6-10-24-17)19-7-8-20-18-21-13-3-1-2-4-15(13)25-18/h1-4,6,10,14H,5,7-9,11H2,(H,19,22)(H,20,21). The molecule has 0 fully saturated rings. The maximum absolute atomic E-state index is 12.2. The van der Waals surface area contributed by atoms with Crippen LogP contribution in [-0.4, -0.2) is 30.6 Å². The van der Waals surface area contributed by atoms with Crippen molar-refractivity contribution in [2.45, 2.75) is 18.9 Å². The molecule has 0 radical (unpaired) electrons. The molecule has 25 heavy (non-hydrogen) atoms. The van der Waals surface area contributed by atoms with Crippen LogP contribution in [0.4, 0.5) is 5.13 Å². The van der Waals surface area contributed by atoms with Gasteiger partial charge in [0.15, 0.2) is 5.13 Å². The number of aromatic nitrogens is 1. The number of benzene rings is 1. The van der Waals surface area contributed by atoms with Crippen LogP contribution < -0.4 is 10.6 Å². The first kappa shape index (κ1) is 16.5.